The van der Waals surface area contributed by atoms with Gasteiger partial charge in [-0.3, -0.25) is 4.79 Å². The predicted molar refractivity (Wildman–Crippen MR) is 77.4 cm³/mol. The topological polar surface area (TPSA) is 69.6 Å². The Morgan fingerprint density at radius 1 is 1.39 bits per heavy atom. The summed E-state index contributed by atoms with van der Waals surface area (Å²) in [6.07, 6.45) is -5.37. The molecule has 1 unspecified atom stereocenters. The molecule has 0 spiro atoms. The van der Waals surface area contributed by atoms with Gasteiger partial charge in [0.15, 0.2) is 11.9 Å². The Balaban J connectivity index is 2.03. The van der Waals surface area contributed by atoms with E-state index in [9.17, 15) is 22.8 Å². The van der Waals surface area contributed by atoms with Crippen LogP contribution in [0.5, 0.6) is 0 Å². The fourth-order valence-electron chi connectivity index (χ4n) is 2.37. The lowest BCUT2D eigenvalue weighted by atomic mass is 9.90. The van der Waals surface area contributed by atoms with Crippen molar-refractivity contribution in [3.05, 3.63) is 29.3 Å². The van der Waals surface area contributed by atoms with Gasteiger partial charge in [0, 0.05) is 24.7 Å². The molecule has 1 aromatic rings. The SMILES string of the molecule is CN(CC(O)C(F)(F)F)C(=O)Nc1ccc2c(c1)C(=O)CCC2. The zero-order valence-corrected chi connectivity index (χ0v) is 12.5. The molecular formula is C15H17F3N2O3. The molecule has 5 nitrogen and oxygen atoms in total. The number of carbonyl (C=O) groups is 2. The highest BCUT2D eigenvalue weighted by Gasteiger charge is 2.39. The quantitative estimate of drug-likeness (QED) is 0.895. The number of aliphatic hydroxyl groups is 1. The maximum Gasteiger partial charge on any atom is 0.416 e. The smallest absolute Gasteiger partial charge is 0.382 e. The van der Waals surface area contributed by atoms with Gasteiger partial charge in [0.05, 0.1) is 6.54 Å². The number of ketones is 1. The average Bonchev–Trinajstić information content (AvgIpc) is 2.47. The fraction of sp³-hybridized carbons (Fsp3) is 0.467. The molecule has 0 radical (unpaired) electrons. The van der Waals surface area contributed by atoms with Gasteiger partial charge in [-0.25, -0.2) is 4.79 Å². The van der Waals surface area contributed by atoms with Gasteiger partial charge < -0.3 is 15.3 Å². The number of fused-ring (bicyclic) bond motifs is 1. The number of carbonyl (C=O) groups excluding carboxylic acids is 2. The minimum atomic E-state index is -4.78. The molecule has 0 aromatic heterocycles. The van der Waals surface area contributed by atoms with E-state index in [1.165, 1.54) is 6.07 Å². The van der Waals surface area contributed by atoms with Gasteiger partial charge in [0.25, 0.3) is 0 Å². The normalized spacial score (nSPS) is 15.8. The third-order valence-electron chi connectivity index (χ3n) is 3.68. The second-order valence-electron chi connectivity index (χ2n) is 5.52. The predicted octanol–water partition coefficient (Wildman–Crippen LogP) is 2.59. The van der Waals surface area contributed by atoms with Crippen LogP contribution in [0.2, 0.25) is 0 Å². The van der Waals surface area contributed by atoms with E-state index in [4.69, 9.17) is 5.11 Å². The lowest BCUT2D eigenvalue weighted by Crippen LogP contribution is -2.43. The fourth-order valence-corrected chi connectivity index (χ4v) is 2.37. The molecule has 0 bridgehead atoms. The van der Waals surface area contributed by atoms with Crippen LogP contribution in [0.1, 0.15) is 28.8 Å². The van der Waals surface area contributed by atoms with E-state index in [1.807, 2.05) is 0 Å². The summed E-state index contributed by atoms with van der Waals surface area (Å²) >= 11 is 0. The number of nitrogens with zero attached hydrogens (tertiary/aromatic N) is 1. The summed E-state index contributed by atoms with van der Waals surface area (Å²) in [5.41, 5.74) is 1.77. The van der Waals surface area contributed by atoms with Gasteiger partial charge in [-0.2, -0.15) is 13.2 Å². The number of rotatable bonds is 3. The maximum absolute atomic E-state index is 12.3. The molecule has 0 saturated carbocycles. The number of hydrogen-bond donors (Lipinski definition) is 2. The zero-order valence-electron chi connectivity index (χ0n) is 12.5. The van der Waals surface area contributed by atoms with Crippen molar-refractivity contribution in [1.82, 2.24) is 4.90 Å². The van der Waals surface area contributed by atoms with Gasteiger partial charge in [-0.1, -0.05) is 6.07 Å². The molecule has 0 saturated heterocycles. The molecule has 2 rings (SSSR count). The highest BCUT2D eigenvalue weighted by Crippen LogP contribution is 2.25. The summed E-state index contributed by atoms with van der Waals surface area (Å²) in [4.78, 5) is 24.4. The number of hydrogen-bond acceptors (Lipinski definition) is 3. The van der Waals surface area contributed by atoms with Crippen LogP contribution in [0.25, 0.3) is 0 Å². The van der Waals surface area contributed by atoms with Gasteiger partial charge in [-0.15, -0.1) is 0 Å². The Labute approximate surface area is 131 Å². The number of urea groups is 1. The lowest BCUT2D eigenvalue weighted by Gasteiger charge is -2.23. The second kappa shape index (κ2) is 6.57. The van der Waals surface area contributed by atoms with Crippen molar-refractivity contribution in [3.63, 3.8) is 0 Å². The first-order chi connectivity index (χ1) is 10.7. The molecule has 0 fully saturated rings. The minimum absolute atomic E-state index is 0.0109. The van der Waals surface area contributed by atoms with Crippen molar-refractivity contribution < 1.29 is 27.9 Å². The van der Waals surface area contributed by atoms with Crippen molar-refractivity contribution >= 4 is 17.5 Å². The van der Waals surface area contributed by atoms with Gasteiger partial charge in [0.2, 0.25) is 0 Å². The zero-order chi connectivity index (χ0) is 17.2. The lowest BCUT2D eigenvalue weighted by molar-refractivity contribution is -0.205. The maximum atomic E-state index is 12.3. The van der Waals surface area contributed by atoms with Gasteiger partial charge in [0.1, 0.15) is 0 Å². The van der Waals surface area contributed by atoms with E-state index in [0.717, 1.165) is 30.4 Å². The van der Waals surface area contributed by atoms with Crippen molar-refractivity contribution in [2.75, 3.05) is 18.9 Å². The third kappa shape index (κ3) is 4.22. The number of nitrogens with one attached hydrogen (secondary N) is 1. The Morgan fingerprint density at radius 3 is 2.74 bits per heavy atom. The molecule has 2 amide bonds. The molecule has 23 heavy (non-hydrogen) atoms. The molecule has 1 aliphatic carbocycles. The number of alkyl halides is 3. The number of aliphatic hydroxyl groups excluding tert-OH is 1. The van der Waals surface area contributed by atoms with Crippen molar-refractivity contribution in [3.8, 4) is 0 Å². The average molecular weight is 330 g/mol. The van der Waals surface area contributed by atoms with Crippen molar-refractivity contribution in [2.45, 2.75) is 31.5 Å². The molecule has 1 aliphatic rings. The first-order valence-electron chi connectivity index (χ1n) is 7.11. The highest BCUT2D eigenvalue weighted by atomic mass is 19.4. The summed E-state index contributed by atoms with van der Waals surface area (Å²) in [7, 11) is 1.15. The number of benzene rings is 1. The molecule has 8 heteroatoms. The molecule has 1 atom stereocenters. The van der Waals surface area contributed by atoms with Crippen LogP contribution in [-0.2, 0) is 6.42 Å². The van der Waals surface area contributed by atoms with Crippen molar-refractivity contribution in [1.29, 1.82) is 0 Å². The van der Waals surface area contributed by atoms with E-state index in [2.05, 4.69) is 5.32 Å². The van der Waals surface area contributed by atoms with Crippen molar-refractivity contribution in [2.24, 2.45) is 0 Å². The van der Waals surface area contributed by atoms with Gasteiger partial charge in [-0.05, 0) is 30.5 Å². The summed E-state index contributed by atoms with van der Waals surface area (Å²) in [6, 6.07) is 4.06. The summed E-state index contributed by atoms with van der Waals surface area (Å²) < 4.78 is 36.9. The number of Topliss-reactive ketones (excluding diaryl/α,β-unsaturated/α-hetero) is 1. The first kappa shape index (κ1) is 17.3. The van der Waals surface area contributed by atoms with E-state index in [-0.39, 0.29) is 5.78 Å². The Kier molecular flexibility index (Phi) is 4.93. The van der Waals surface area contributed by atoms with Crippen LogP contribution < -0.4 is 5.32 Å². The number of aryl methyl sites for hydroxylation is 1. The Hall–Kier alpha value is -2.09. The largest absolute Gasteiger partial charge is 0.416 e. The minimum Gasteiger partial charge on any atom is -0.382 e. The number of amides is 2. The van der Waals surface area contributed by atoms with E-state index in [1.54, 1.807) is 12.1 Å². The summed E-state index contributed by atoms with van der Waals surface area (Å²) in [5, 5.41) is 11.4. The van der Waals surface area contributed by atoms with Crippen LogP contribution in [0.4, 0.5) is 23.7 Å². The van der Waals surface area contributed by atoms with E-state index >= 15 is 0 Å². The summed E-state index contributed by atoms with van der Waals surface area (Å²) in [6.45, 7) is -0.876. The highest BCUT2D eigenvalue weighted by molar-refractivity contribution is 6.00. The van der Waals surface area contributed by atoms with Crippen LogP contribution in [0.3, 0.4) is 0 Å². The molecular weight excluding hydrogens is 313 g/mol. The van der Waals surface area contributed by atoms with Crippen LogP contribution in [-0.4, -0.2) is 47.7 Å². The van der Waals surface area contributed by atoms with Crippen LogP contribution in [0, 0.1) is 0 Å². The monoisotopic (exact) mass is 330 g/mol. The molecule has 126 valence electrons. The second-order valence-corrected chi connectivity index (χ2v) is 5.52. The molecule has 1 aromatic carbocycles. The van der Waals surface area contributed by atoms with Gasteiger partial charge >= 0.3 is 12.2 Å². The number of halogens is 3. The number of likely N-dealkylation sites (N-methyl/N-ethyl adjacent to an activating group) is 1. The van der Waals surface area contributed by atoms with Crippen LogP contribution >= 0.6 is 0 Å². The Bertz CT molecular complexity index is 616. The molecule has 2 N–H and O–H groups in total. The van der Waals surface area contributed by atoms with E-state index < -0.39 is 24.9 Å². The third-order valence-corrected chi connectivity index (χ3v) is 3.68. The Morgan fingerprint density at radius 2 is 2.09 bits per heavy atom. The van der Waals surface area contributed by atoms with E-state index in [0.29, 0.717) is 17.7 Å². The first-order valence-corrected chi connectivity index (χ1v) is 7.11. The standard InChI is InChI=1S/C15H17F3N2O3/c1-20(8-13(22)15(16,17)18)14(23)19-10-6-5-9-3-2-4-12(21)11(9)7-10/h5-7,13,22H,2-4,8H2,1H3,(H,19,23). The number of anilines is 1. The molecule has 0 aliphatic heterocycles. The summed E-state index contributed by atoms with van der Waals surface area (Å²) in [5.74, 6) is -0.0109. The molecule has 0 heterocycles. The van der Waals surface area contributed by atoms with Crippen LogP contribution in [0.15, 0.2) is 18.2 Å².